The van der Waals surface area contributed by atoms with E-state index in [-0.39, 0.29) is 0 Å². The monoisotopic (exact) mass is 183 g/mol. The molecule has 0 aliphatic heterocycles. The Morgan fingerprint density at radius 2 is 2.15 bits per heavy atom. The van der Waals surface area contributed by atoms with Gasteiger partial charge in [-0.05, 0) is 26.8 Å². The highest BCUT2D eigenvalue weighted by atomic mass is 16.5. The maximum absolute atomic E-state index is 5.57. The fourth-order valence-corrected chi connectivity index (χ4v) is 1.22. The lowest BCUT2D eigenvalue weighted by atomic mass is 10.3. The number of nitrogens with two attached hydrogens (primary N) is 1. The lowest BCUT2D eigenvalue weighted by molar-refractivity contribution is 0.309. The molecule has 0 saturated carbocycles. The molecular formula is C9H17N3O. The SMILES string of the molecule is Cc1nn(C)c(C)c1OCCCN. The summed E-state index contributed by atoms with van der Waals surface area (Å²) >= 11 is 0. The summed E-state index contributed by atoms with van der Waals surface area (Å²) in [5.41, 5.74) is 7.38. The summed E-state index contributed by atoms with van der Waals surface area (Å²) in [6.45, 7) is 5.28. The third kappa shape index (κ3) is 2.21. The van der Waals surface area contributed by atoms with E-state index in [1.54, 1.807) is 0 Å². The molecule has 0 amide bonds. The molecule has 74 valence electrons. The number of hydrogen-bond donors (Lipinski definition) is 1. The molecule has 1 heterocycles. The summed E-state index contributed by atoms with van der Waals surface area (Å²) in [6.07, 6.45) is 0.883. The molecule has 13 heavy (non-hydrogen) atoms. The Morgan fingerprint density at radius 3 is 2.62 bits per heavy atom. The van der Waals surface area contributed by atoms with Crippen molar-refractivity contribution in [3.8, 4) is 5.75 Å². The molecule has 0 aliphatic rings. The zero-order valence-corrected chi connectivity index (χ0v) is 8.50. The summed E-state index contributed by atoms with van der Waals surface area (Å²) < 4.78 is 7.39. The average molecular weight is 183 g/mol. The molecule has 0 saturated heterocycles. The first kappa shape index (κ1) is 10.1. The van der Waals surface area contributed by atoms with Gasteiger partial charge in [0.1, 0.15) is 5.69 Å². The number of ether oxygens (including phenoxy) is 1. The summed E-state index contributed by atoms with van der Waals surface area (Å²) in [4.78, 5) is 0. The predicted molar refractivity (Wildman–Crippen MR) is 51.8 cm³/mol. The average Bonchev–Trinajstić information content (AvgIpc) is 2.32. The summed E-state index contributed by atoms with van der Waals surface area (Å²) in [5.74, 6) is 0.899. The molecule has 0 atom stereocenters. The van der Waals surface area contributed by atoms with E-state index in [1.807, 2.05) is 25.6 Å². The van der Waals surface area contributed by atoms with Gasteiger partial charge in [-0.25, -0.2) is 0 Å². The maximum atomic E-state index is 5.57. The van der Waals surface area contributed by atoms with Crippen LogP contribution in [0.5, 0.6) is 5.75 Å². The van der Waals surface area contributed by atoms with E-state index in [0.29, 0.717) is 13.2 Å². The van der Waals surface area contributed by atoms with Crippen molar-refractivity contribution in [1.29, 1.82) is 0 Å². The van der Waals surface area contributed by atoms with E-state index in [1.165, 1.54) is 0 Å². The minimum Gasteiger partial charge on any atom is -0.490 e. The third-order valence-corrected chi connectivity index (χ3v) is 2.04. The summed E-state index contributed by atoms with van der Waals surface area (Å²) in [5, 5.41) is 4.25. The number of hydrogen-bond acceptors (Lipinski definition) is 3. The molecule has 0 fully saturated rings. The quantitative estimate of drug-likeness (QED) is 0.701. The molecule has 0 aromatic carbocycles. The molecule has 2 N–H and O–H groups in total. The van der Waals surface area contributed by atoms with Gasteiger partial charge < -0.3 is 10.5 Å². The largest absolute Gasteiger partial charge is 0.490 e. The smallest absolute Gasteiger partial charge is 0.162 e. The first-order valence-corrected chi connectivity index (χ1v) is 4.50. The van der Waals surface area contributed by atoms with E-state index in [9.17, 15) is 0 Å². The van der Waals surface area contributed by atoms with Crippen LogP contribution < -0.4 is 10.5 Å². The van der Waals surface area contributed by atoms with Crippen LogP contribution in [0.1, 0.15) is 17.8 Å². The lowest BCUT2D eigenvalue weighted by Crippen LogP contribution is -2.06. The Morgan fingerprint density at radius 1 is 1.46 bits per heavy atom. The van der Waals surface area contributed by atoms with Crippen LogP contribution in [0.25, 0.3) is 0 Å². The molecule has 0 radical (unpaired) electrons. The second-order valence-corrected chi connectivity index (χ2v) is 3.11. The third-order valence-electron chi connectivity index (χ3n) is 2.04. The van der Waals surface area contributed by atoms with Crippen molar-refractivity contribution in [2.45, 2.75) is 20.3 Å². The number of aromatic nitrogens is 2. The molecule has 1 aromatic heterocycles. The lowest BCUT2D eigenvalue weighted by Gasteiger charge is -2.04. The van der Waals surface area contributed by atoms with Crippen molar-refractivity contribution in [2.75, 3.05) is 13.2 Å². The molecule has 1 aromatic rings. The molecule has 0 unspecified atom stereocenters. The van der Waals surface area contributed by atoms with Crippen LogP contribution in [0, 0.1) is 13.8 Å². The second kappa shape index (κ2) is 4.28. The van der Waals surface area contributed by atoms with Crippen molar-refractivity contribution in [1.82, 2.24) is 9.78 Å². The van der Waals surface area contributed by atoms with Gasteiger partial charge >= 0.3 is 0 Å². The second-order valence-electron chi connectivity index (χ2n) is 3.11. The van der Waals surface area contributed by atoms with Gasteiger partial charge in [0.2, 0.25) is 0 Å². The topological polar surface area (TPSA) is 53.1 Å². The highest BCUT2D eigenvalue weighted by Crippen LogP contribution is 2.21. The van der Waals surface area contributed by atoms with Crippen LogP contribution in [-0.2, 0) is 7.05 Å². The molecule has 0 spiro atoms. The Bertz CT molecular complexity index is 281. The maximum Gasteiger partial charge on any atom is 0.162 e. The molecule has 0 aliphatic carbocycles. The van der Waals surface area contributed by atoms with Crippen molar-refractivity contribution in [3.05, 3.63) is 11.4 Å². The summed E-state index contributed by atoms with van der Waals surface area (Å²) in [7, 11) is 1.91. The number of rotatable bonds is 4. The van der Waals surface area contributed by atoms with Crippen molar-refractivity contribution < 1.29 is 4.74 Å². The number of aryl methyl sites for hydroxylation is 2. The Balaban J connectivity index is 2.64. The van der Waals surface area contributed by atoms with Crippen molar-refractivity contribution >= 4 is 0 Å². The van der Waals surface area contributed by atoms with Gasteiger partial charge in [-0.3, -0.25) is 4.68 Å². The fourth-order valence-electron chi connectivity index (χ4n) is 1.22. The van der Waals surface area contributed by atoms with Crippen LogP contribution in [0.4, 0.5) is 0 Å². The summed E-state index contributed by atoms with van der Waals surface area (Å²) in [6, 6.07) is 0. The Hall–Kier alpha value is -1.03. The Kier molecular flexibility index (Phi) is 3.31. The van der Waals surface area contributed by atoms with Crippen LogP contribution in [-0.4, -0.2) is 22.9 Å². The standard InChI is InChI=1S/C9H17N3O/c1-7-9(13-6-4-5-10)8(2)12(3)11-7/h4-6,10H2,1-3H3. The van der Waals surface area contributed by atoms with Gasteiger partial charge in [-0.1, -0.05) is 0 Å². The van der Waals surface area contributed by atoms with Gasteiger partial charge in [-0.15, -0.1) is 0 Å². The highest BCUT2D eigenvalue weighted by Gasteiger charge is 2.09. The van der Waals surface area contributed by atoms with Crippen molar-refractivity contribution in [2.24, 2.45) is 12.8 Å². The minimum atomic E-state index is 0.665. The van der Waals surface area contributed by atoms with Crippen LogP contribution >= 0.6 is 0 Å². The van der Waals surface area contributed by atoms with E-state index in [2.05, 4.69) is 5.10 Å². The van der Waals surface area contributed by atoms with E-state index < -0.39 is 0 Å². The molecule has 4 heteroatoms. The fraction of sp³-hybridized carbons (Fsp3) is 0.667. The molecule has 1 rings (SSSR count). The zero-order valence-electron chi connectivity index (χ0n) is 8.50. The molecular weight excluding hydrogens is 166 g/mol. The van der Waals surface area contributed by atoms with E-state index in [0.717, 1.165) is 23.6 Å². The van der Waals surface area contributed by atoms with Gasteiger partial charge in [0.25, 0.3) is 0 Å². The van der Waals surface area contributed by atoms with Crippen LogP contribution in [0.2, 0.25) is 0 Å². The van der Waals surface area contributed by atoms with Gasteiger partial charge in [0.15, 0.2) is 5.75 Å². The first-order chi connectivity index (χ1) is 6.16. The molecule has 4 nitrogen and oxygen atoms in total. The van der Waals surface area contributed by atoms with Crippen molar-refractivity contribution in [3.63, 3.8) is 0 Å². The van der Waals surface area contributed by atoms with E-state index in [4.69, 9.17) is 10.5 Å². The normalized spacial score (nSPS) is 10.5. The van der Waals surface area contributed by atoms with Crippen LogP contribution in [0.3, 0.4) is 0 Å². The Labute approximate surface area is 78.7 Å². The zero-order chi connectivity index (χ0) is 9.84. The van der Waals surface area contributed by atoms with Gasteiger partial charge in [0, 0.05) is 7.05 Å². The first-order valence-electron chi connectivity index (χ1n) is 4.50. The highest BCUT2D eigenvalue weighted by molar-refractivity contribution is 5.31. The van der Waals surface area contributed by atoms with Gasteiger partial charge in [0.05, 0.1) is 12.3 Å². The van der Waals surface area contributed by atoms with E-state index >= 15 is 0 Å². The predicted octanol–water partition coefficient (Wildman–Crippen LogP) is 0.765. The minimum absolute atomic E-state index is 0.665. The molecule has 0 bridgehead atoms. The van der Waals surface area contributed by atoms with Gasteiger partial charge in [-0.2, -0.15) is 5.10 Å². The van der Waals surface area contributed by atoms with Crippen LogP contribution in [0.15, 0.2) is 0 Å². The number of nitrogens with zero attached hydrogens (tertiary/aromatic N) is 2.